The second-order valence-electron chi connectivity index (χ2n) is 9.16. The number of hydrogen-bond acceptors (Lipinski definition) is 9. The van der Waals surface area contributed by atoms with Crippen molar-refractivity contribution in [2.75, 3.05) is 69.7 Å². The number of nitrogens with one attached hydrogen (secondary N) is 2. The van der Waals surface area contributed by atoms with Gasteiger partial charge in [-0.05, 0) is 51.7 Å². The molecular weight excluding hydrogens is 542 g/mol. The number of para-hydroxylation sites is 1. The molecule has 0 atom stereocenters. The fourth-order valence-electron chi connectivity index (χ4n) is 3.28. The van der Waals surface area contributed by atoms with E-state index in [0.717, 1.165) is 6.54 Å². The van der Waals surface area contributed by atoms with Crippen LogP contribution >= 0.6 is 18.7 Å². The molecule has 14 heteroatoms. The summed E-state index contributed by atoms with van der Waals surface area (Å²) in [4.78, 5) is 16.6. The highest BCUT2D eigenvalue weighted by atomic mass is 35.5. The van der Waals surface area contributed by atoms with Crippen molar-refractivity contribution in [3.05, 3.63) is 47.6 Å². The van der Waals surface area contributed by atoms with Gasteiger partial charge in [0.05, 0.1) is 11.9 Å². The molecular formula is C24H30ClF3N7O2P. The van der Waals surface area contributed by atoms with Crippen molar-refractivity contribution in [1.29, 1.82) is 0 Å². The van der Waals surface area contributed by atoms with Gasteiger partial charge in [-0.2, -0.15) is 23.1 Å². The molecule has 2 aromatic heterocycles. The zero-order chi connectivity index (χ0) is 28.1. The predicted octanol–water partition coefficient (Wildman–Crippen LogP) is 5.20. The minimum absolute atomic E-state index is 0.0398. The van der Waals surface area contributed by atoms with Gasteiger partial charge in [0, 0.05) is 25.4 Å². The number of halogens is 4. The van der Waals surface area contributed by atoms with Crippen LogP contribution in [0.4, 0.5) is 42.1 Å². The van der Waals surface area contributed by atoms with Crippen LogP contribution in [0.3, 0.4) is 0 Å². The van der Waals surface area contributed by atoms with Crippen LogP contribution in [-0.4, -0.2) is 80.2 Å². The van der Waals surface area contributed by atoms with E-state index in [0.29, 0.717) is 23.4 Å². The van der Waals surface area contributed by atoms with Crippen LogP contribution in [0, 0.1) is 0 Å². The molecule has 0 unspecified atom stereocenters. The molecule has 2 heterocycles. The van der Waals surface area contributed by atoms with Crippen LogP contribution in [0.1, 0.15) is 0 Å². The third-order valence-corrected chi connectivity index (χ3v) is 7.05. The first kappa shape index (κ1) is 29.5. The molecule has 0 radical (unpaired) electrons. The number of hydrogen-bond donors (Lipinski definition) is 2. The summed E-state index contributed by atoms with van der Waals surface area (Å²) in [7, 11) is 3.01. The fourth-order valence-corrected chi connectivity index (χ4v) is 4.57. The van der Waals surface area contributed by atoms with E-state index in [1.807, 2.05) is 23.9 Å². The quantitative estimate of drug-likeness (QED) is 0.301. The van der Waals surface area contributed by atoms with Gasteiger partial charge in [-0.3, -0.25) is 0 Å². The van der Waals surface area contributed by atoms with Crippen molar-refractivity contribution in [1.82, 2.24) is 19.9 Å². The molecule has 0 fully saturated rings. The number of aromatic nitrogens is 3. The molecule has 0 saturated heterocycles. The number of alkyl halides is 3. The molecule has 38 heavy (non-hydrogen) atoms. The molecule has 0 spiro atoms. The van der Waals surface area contributed by atoms with E-state index in [9.17, 15) is 17.7 Å². The molecule has 0 aliphatic rings. The Morgan fingerprint density at radius 2 is 1.71 bits per heavy atom. The summed E-state index contributed by atoms with van der Waals surface area (Å²) in [6.07, 6.45) is -3.21. The highest BCUT2D eigenvalue weighted by Crippen LogP contribution is 2.39. The third kappa shape index (κ3) is 8.47. The van der Waals surface area contributed by atoms with Crippen molar-refractivity contribution in [2.45, 2.75) is 6.18 Å². The topological polar surface area (TPSA) is 95.5 Å². The van der Waals surface area contributed by atoms with E-state index in [1.54, 1.807) is 56.8 Å². The number of ether oxygens (including phenoxy) is 1. The molecule has 2 N–H and O–H groups in total. The molecule has 0 aliphatic carbocycles. The van der Waals surface area contributed by atoms with Crippen molar-refractivity contribution >= 4 is 53.0 Å². The van der Waals surface area contributed by atoms with Crippen molar-refractivity contribution in [2.24, 2.45) is 0 Å². The average Bonchev–Trinajstić information content (AvgIpc) is 2.83. The van der Waals surface area contributed by atoms with Gasteiger partial charge in [0.15, 0.2) is 12.4 Å². The predicted molar refractivity (Wildman–Crippen MR) is 147 cm³/mol. The summed E-state index contributed by atoms with van der Waals surface area (Å²) >= 11 is 6.30. The van der Waals surface area contributed by atoms with Crippen LogP contribution in [0.15, 0.2) is 42.6 Å². The lowest BCUT2D eigenvalue weighted by Crippen LogP contribution is -2.29. The second-order valence-corrected chi connectivity index (χ2v) is 12.7. The van der Waals surface area contributed by atoms with E-state index in [-0.39, 0.29) is 28.4 Å². The normalized spacial score (nSPS) is 11.9. The van der Waals surface area contributed by atoms with E-state index in [2.05, 4.69) is 25.6 Å². The standard InChI is InChI=1S/C24H30ClF3N7O2P/c1-34(2)12-13-35(3)20-11-10-18(22(32-20)37-15-24(26,27)28)31-23-29-14-16(25)21(33-23)30-17-8-6-7-9-19(17)38(4,5)36/h6-11,14H,12-13,15H2,1-5H3,(H2,29,30,31,33). The first-order valence-corrected chi connectivity index (χ1v) is 14.5. The molecule has 0 amide bonds. The SMILES string of the molecule is CN(C)CCN(C)c1ccc(Nc2ncc(Cl)c(Nc3ccccc3P(C)(C)=O)n2)c(OCC(F)(F)F)n1. The Balaban J connectivity index is 1.90. The highest BCUT2D eigenvalue weighted by molar-refractivity contribution is 7.70. The number of benzene rings is 1. The molecule has 9 nitrogen and oxygen atoms in total. The monoisotopic (exact) mass is 571 g/mol. The van der Waals surface area contributed by atoms with E-state index in [1.165, 1.54) is 6.20 Å². The van der Waals surface area contributed by atoms with Gasteiger partial charge in [-0.25, -0.2) is 4.98 Å². The van der Waals surface area contributed by atoms with Crippen LogP contribution in [0.5, 0.6) is 5.88 Å². The molecule has 3 rings (SSSR count). The molecule has 3 aromatic rings. The van der Waals surface area contributed by atoms with Crippen molar-refractivity contribution < 1.29 is 22.5 Å². The zero-order valence-corrected chi connectivity index (χ0v) is 23.3. The van der Waals surface area contributed by atoms with Gasteiger partial charge in [0.1, 0.15) is 23.7 Å². The average molecular weight is 572 g/mol. The highest BCUT2D eigenvalue weighted by Gasteiger charge is 2.29. The van der Waals surface area contributed by atoms with Gasteiger partial charge in [0.2, 0.25) is 11.8 Å². The Hall–Kier alpha value is -3.08. The summed E-state index contributed by atoms with van der Waals surface area (Å²) in [5.74, 6) is 0.440. The lowest BCUT2D eigenvalue weighted by atomic mass is 10.3. The number of likely N-dealkylation sites (N-methyl/N-ethyl adjacent to an activating group) is 2. The van der Waals surface area contributed by atoms with E-state index in [4.69, 9.17) is 16.3 Å². The van der Waals surface area contributed by atoms with E-state index >= 15 is 0 Å². The van der Waals surface area contributed by atoms with Crippen LogP contribution in [0.2, 0.25) is 5.02 Å². The van der Waals surface area contributed by atoms with Crippen LogP contribution in [0.25, 0.3) is 0 Å². The van der Waals surface area contributed by atoms with Gasteiger partial charge in [0.25, 0.3) is 0 Å². The summed E-state index contributed by atoms with van der Waals surface area (Å²) in [6, 6.07) is 10.3. The first-order valence-electron chi connectivity index (χ1n) is 11.5. The Kier molecular flexibility index (Phi) is 9.45. The van der Waals surface area contributed by atoms with Gasteiger partial charge in [-0.1, -0.05) is 23.7 Å². The Bertz CT molecular complexity index is 1300. The minimum Gasteiger partial charge on any atom is -0.466 e. The zero-order valence-electron chi connectivity index (χ0n) is 21.7. The van der Waals surface area contributed by atoms with Gasteiger partial charge < -0.3 is 29.7 Å². The molecule has 0 aliphatic heterocycles. The fraction of sp³-hybridized carbons (Fsp3) is 0.375. The molecule has 206 valence electrons. The summed E-state index contributed by atoms with van der Waals surface area (Å²) in [5.41, 5.74) is 0.702. The van der Waals surface area contributed by atoms with Gasteiger partial charge >= 0.3 is 6.18 Å². The van der Waals surface area contributed by atoms with Crippen LogP contribution in [-0.2, 0) is 4.57 Å². The van der Waals surface area contributed by atoms with Gasteiger partial charge in [-0.15, -0.1) is 0 Å². The Morgan fingerprint density at radius 3 is 2.37 bits per heavy atom. The number of anilines is 5. The molecule has 0 bridgehead atoms. The summed E-state index contributed by atoms with van der Waals surface area (Å²) in [5, 5.41) is 6.75. The minimum atomic E-state index is -4.55. The Labute approximate surface area is 224 Å². The van der Waals surface area contributed by atoms with Crippen molar-refractivity contribution in [3.8, 4) is 5.88 Å². The first-order chi connectivity index (χ1) is 17.7. The van der Waals surface area contributed by atoms with E-state index < -0.39 is 19.9 Å². The number of nitrogens with zero attached hydrogens (tertiary/aromatic N) is 5. The smallest absolute Gasteiger partial charge is 0.422 e. The lowest BCUT2D eigenvalue weighted by Gasteiger charge is -2.22. The molecule has 1 aromatic carbocycles. The maximum absolute atomic E-state index is 12.9. The van der Waals surface area contributed by atoms with Crippen molar-refractivity contribution in [3.63, 3.8) is 0 Å². The Morgan fingerprint density at radius 1 is 1.00 bits per heavy atom. The van der Waals surface area contributed by atoms with Crippen LogP contribution < -0.4 is 25.6 Å². The largest absolute Gasteiger partial charge is 0.466 e. The maximum Gasteiger partial charge on any atom is 0.422 e. The maximum atomic E-state index is 12.9. The summed E-state index contributed by atoms with van der Waals surface area (Å²) < 4.78 is 56.5. The second kappa shape index (κ2) is 12.2. The molecule has 0 saturated carbocycles. The lowest BCUT2D eigenvalue weighted by molar-refractivity contribution is -0.153. The summed E-state index contributed by atoms with van der Waals surface area (Å²) in [6.45, 7) is 3.11. The number of rotatable bonds is 11. The number of pyridine rings is 1. The third-order valence-electron chi connectivity index (χ3n) is 5.22.